The summed E-state index contributed by atoms with van der Waals surface area (Å²) in [5.41, 5.74) is 0.878. The van der Waals surface area contributed by atoms with Crippen LogP contribution >= 0.6 is 0 Å². The monoisotopic (exact) mass is 406 g/mol. The first kappa shape index (κ1) is 20.7. The summed E-state index contributed by atoms with van der Waals surface area (Å²) >= 11 is 0. The van der Waals surface area contributed by atoms with Crippen LogP contribution in [0.2, 0.25) is 0 Å². The fourth-order valence-corrected chi connectivity index (χ4v) is 2.64. The number of ether oxygens (including phenoxy) is 2. The Morgan fingerprint density at radius 3 is 2.40 bits per heavy atom. The Labute approximate surface area is 174 Å². The molecule has 8 heteroatoms. The van der Waals surface area contributed by atoms with Crippen LogP contribution < -0.4 is 25.4 Å². The van der Waals surface area contributed by atoms with Crippen molar-refractivity contribution in [3.63, 3.8) is 0 Å². The molecule has 0 aliphatic heterocycles. The molecule has 0 radical (unpaired) electrons. The molecular weight excluding hydrogens is 384 g/mol. The van der Waals surface area contributed by atoms with Crippen LogP contribution in [-0.2, 0) is 0 Å². The van der Waals surface area contributed by atoms with Gasteiger partial charge in [0.15, 0.2) is 11.5 Å². The third-order valence-corrected chi connectivity index (χ3v) is 4.03. The van der Waals surface area contributed by atoms with Gasteiger partial charge in [-0.2, -0.15) is 0 Å². The Bertz CT molecular complexity index is 995. The number of benzene rings is 2. The highest BCUT2D eigenvalue weighted by Crippen LogP contribution is 2.25. The Balaban J connectivity index is 1.54. The second-order valence-electron chi connectivity index (χ2n) is 6.10. The normalized spacial score (nSPS) is 10.0. The van der Waals surface area contributed by atoms with E-state index in [2.05, 4.69) is 20.9 Å². The molecule has 0 spiro atoms. The Morgan fingerprint density at radius 1 is 0.900 bits per heavy atom. The van der Waals surface area contributed by atoms with Gasteiger partial charge in [0.2, 0.25) is 0 Å². The van der Waals surface area contributed by atoms with Crippen LogP contribution in [-0.4, -0.2) is 37.2 Å². The van der Waals surface area contributed by atoms with Crippen LogP contribution in [0.3, 0.4) is 0 Å². The fraction of sp³-hybridized carbons (Fsp3) is 0.136. The van der Waals surface area contributed by atoms with Crippen LogP contribution in [0, 0.1) is 0 Å². The lowest BCUT2D eigenvalue weighted by Gasteiger charge is -2.12. The molecule has 1 aromatic heterocycles. The topological polar surface area (TPSA) is 102 Å². The van der Waals surface area contributed by atoms with E-state index in [-0.39, 0.29) is 30.4 Å². The molecule has 8 nitrogen and oxygen atoms in total. The third kappa shape index (κ3) is 5.71. The number of hydrogen-bond donors (Lipinski definition) is 3. The van der Waals surface area contributed by atoms with E-state index in [0.717, 1.165) is 0 Å². The lowest BCUT2D eigenvalue weighted by Crippen LogP contribution is -2.30. The van der Waals surface area contributed by atoms with E-state index in [9.17, 15) is 9.59 Å². The van der Waals surface area contributed by atoms with Crippen molar-refractivity contribution in [3.8, 4) is 11.5 Å². The maximum atomic E-state index is 12.5. The van der Waals surface area contributed by atoms with Crippen molar-refractivity contribution in [2.45, 2.75) is 0 Å². The van der Waals surface area contributed by atoms with E-state index in [1.807, 2.05) is 30.3 Å². The van der Waals surface area contributed by atoms with Crippen molar-refractivity contribution < 1.29 is 19.1 Å². The fourth-order valence-electron chi connectivity index (χ4n) is 2.64. The summed E-state index contributed by atoms with van der Waals surface area (Å²) in [4.78, 5) is 28.8. The van der Waals surface area contributed by atoms with Crippen LogP contribution in [0.15, 0.2) is 72.9 Å². The van der Waals surface area contributed by atoms with Gasteiger partial charge >= 0.3 is 6.03 Å². The predicted octanol–water partition coefficient (Wildman–Crippen LogP) is 3.54. The predicted molar refractivity (Wildman–Crippen MR) is 114 cm³/mol. The molecular formula is C22H22N4O4. The second kappa shape index (κ2) is 10.5. The molecule has 0 unspecified atom stereocenters. The number of carbonyl (C=O) groups is 2. The minimum Gasteiger partial charge on any atom is -0.493 e. The first-order chi connectivity index (χ1) is 14.7. The maximum Gasteiger partial charge on any atom is 0.324 e. The third-order valence-electron chi connectivity index (χ3n) is 4.03. The summed E-state index contributed by atoms with van der Waals surface area (Å²) in [6.45, 7) is 0.519. The summed E-state index contributed by atoms with van der Waals surface area (Å²) in [6, 6.07) is 19.0. The number of nitrogens with zero attached hydrogens (tertiary/aromatic N) is 1. The van der Waals surface area contributed by atoms with E-state index in [4.69, 9.17) is 9.47 Å². The molecule has 3 rings (SSSR count). The summed E-state index contributed by atoms with van der Waals surface area (Å²) in [5.74, 6) is 0.999. The smallest absolute Gasteiger partial charge is 0.324 e. The molecule has 30 heavy (non-hydrogen) atoms. The van der Waals surface area contributed by atoms with Crippen LogP contribution in [0.4, 0.5) is 16.3 Å². The number of rotatable bonds is 8. The molecule has 0 fully saturated rings. The number of methoxy groups -OCH3 is 1. The molecule has 0 saturated heterocycles. The maximum absolute atomic E-state index is 12.5. The molecule has 154 valence electrons. The summed E-state index contributed by atoms with van der Waals surface area (Å²) in [5, 5.41) is 8.04. The summed E-state index contributed by atoms with van der Waals surface area (Å²) < 4.78 is 10.9. The molecule has 0 aliphatic carbocycles. The number of anilines is 2. The Morgan fingerprint density at radius 2 is 1.63 bits per heavy atom. The highest BCUT2D eigenvalue weighted by atomic mass is 16.5. The SMILES string of the molecule is COc1ccccc1OCCNC(=O)c1cccnc1NC(=O)Nc1ccccc1. The van der Waals surface area contributed by atoms with Crippen molar-refractivity contribution in [2.24, 2.45) is 0 Å². The second-order valence-corrected chi connectivity index (χ2v) is 6.10. The van der Waals surface area contributed by atoms with Crippen LogP contribution in [0.25, 0.3) is 0 Å². The zero-order valence-electron chi connectivity index (χ0n) is 16.4. The zero-order valence-corrected chi connectivity index (χ0v) is 16.4. The van der Waals surface area contributed by atoms with Crippen molar-refractivity contribution in [1.29, 1.82) is 0 Å². The van der Waals surface area contributed by atoms with Gasteiger partial charge in [-0.1, -0.05) is 30.3 Å². The van der Waals surface area contributed by atoms with E-state index >= 15 is 0 Å². The highest BCUT2D eigenvalue weighted by molar-refractivity contribution is 6.05. The van der Waals surface area contributed by atoms with Crippen LogP contribution in [0.1, 0.15) is 10.4 Å². The van der Waals surface area contributed by atoms with Crippen LogP contribution in [0.5, 0.6) is 11.5 Å². The summed E-state index contributed by atoms with van der Waals surface area (Å²) in [7, 11) is 1.56. The van der Waals surface area contributed by atoms with Crippen molar-refractivity contribution >= 4 is 23.4 Å². The zero-order chi connectivity index (χ0) is 21.2. The lowest BCUT2D eigenvalue weighted by molar-refractivity contribution is 0.0947. The minimum atomic E-state index is -0.492. The molecule has 3 aromatic rings. The molecule has 0 atom stereocenters. The average Bonchev–Trinajstić information content (AvgIpc) is 2.78. The van der Waals surface area contributed by atoms with Gasteiger partial charge in [0.1, 0.15) is 12.4 Å². The number of para-hydroxylation sites is 3. The molecule has 0 saturated carbocycles. The van der Waals surface area contributed by atoms with Gasteiger partial charge in [-0.05, 0) is 36.4 Å². The Kier molecular flexibility index (Phi) is 7.21. The Hall–Kier alpha value is -4.07. The van der Waals surface area contributed by atoms with Gasteiger partial charge < -0.3 is 20.1 Å². The average molecular weight is 406 g/mol. The van der Waals surface area contributed by atoms with Crippen molar-refractivity contribution in [1.82, 2.24) is 10.3 Å². The number of hydrogen-bond acceptors (Lipinski definition) is 5. The van der Waals surface area contributed by atoms with Crippen molar-refractivity contribution in [2.75, 3.05) is 30.9 Å². The molecule has 0 bridgehead atoms. The van der Waals surface area contributed by atoms with Crippen molar-refractivity contribution in [3.05, 3.63) is 78.5 Å². The van der Waals surface area contributed by atoms with Gasteiger partial charge in [0.25, 0.3) is 5.91 Å². The lowest BCUT2D eigenvalue weighted by atomic mass is 10.2. The van der Waals surface area contributed by atoms with Gasteiger partial charge in [-0.25, -0.2) is 9.78 Å². The molecule has 0 aliphatic rings. The molecule has 2 aromatic carbocycles. The first-order valence-electron chi connectivity index (χ1n) is 9.29. The number of nitrogens with one attached hydrogen (secondary N) is 3. The highest BCUT2D eigenvalue weighted by Gasteiger charge is 2.14. The molecule has 3 amide bonds. The molecule has 1 heterocycles. The largest absolute Gasteiger partial charge is 0.493 e. The summed E-state index contributed by atoms with van der Waals surface area (Å²) in [6.07, 6.45) is 1.50. The number of pyridine rings is 1. The van der Waals surface area contributed by atoms with E-state index in [0.29, 0.717) is 17.2 Å². The van der Waals surface area contributed by atoms with E-state index < -0.39 is 6.03 Å². The number of carbonyl (C=O) groups excluding carboxylic acids is 2. The standard InChI is InChI=1S/C22H22N4O4/c1-29-18-11-5-6-12-19(18)30-15-14-24-21(27)17-10-7-13-23-20(17)26-22(28)25-16-8-3-2-4-9-16/h2-13H,14-15H2,1H3,(H,24,27)(H2,23,25,26,28). The minimum absolute atomic E-state index is 0.161. The van der Waals surface area contributed by atoms with E-state index in [1.54, 1.807) is 43.5 Å². The molecule has 3 N–H and O–H groups in total. The quantitative estimate of drug-likeness (QED) is 0.497. The number of urea groups is 1. The number of aromatic nitrogens is 1. The van der Waals surface area contributed by atoms with E-state index in [1.165, 1.54) is 6.20 Å². The first-order valence-corrected chi connectivity index (χ1v) is 9.29. The van der Waals surface area contributed by atoms with Gasteiger partial charge in [0, 0.05) is 11.9 Å². The van der Waals surface area contributed by atoms with Gasteiger partial charge in [-0.15, -0.1) is 0 Å². The number of amides is 3. The van der Waals surface area contributed by atoms with Gasteiger partial charge in [-0.3, -0.25) is 10.1 Å². The van der Waals surface area contributed by atoms with Gasteiger partial charge in [0.05, 0.1) is 19.2 Å².